The number of aromatic nitrogens is 2. The Balaban J connectivity index is 1.41. The summed E-state index contributed by atoms with van der Waals surface area (Å²) in [5, 5.41) is 10.9. The van der Waals surface area contributed by atoms with E-state index >= 15 is 0 Å². The molecular weight excluding hydrogens is 395 g/mol. The van der Waals surface area contributed by atoms with Gasteiger partial charge >= 0.3 is 0 Å². The van der Waals surface area contributed by atoms with Crippen LogP contribution >= 0.6 is 0 Å². The fraction of sp³-hybridized carbons (Fsp3) is 0.333. The number of aryl methyl sites for hydroxylation is 1. The van der Waals surface area contributed by atoms with Crippen molar-refractivity contribution in [3.8, 4) is 5.75 Å². The maximum Gasteiger partial charge on any atom is 0.272 e. The second-order valence-electron chi connectivity index (χ2n) is 7.84. The molecule has 162 valence electrons. The first-order valence-electron chi connectivity index (χ1n) is 10.5. The SMILES string of the molecule is COc1ccc(CNC2CCc3c(c(C(=O)NCc4ccccc4F)nn3C)C2)cc1. The third kappa shape index (κ3) is 4.77. The van der Waals surface area contributed by atoms with Crippen molar-refractivity contribution >= 4 is 5.91 Å². The summed E-state index contributed by atoms with van der Waals surface area (Å²) in [6, 6.07) is 14.7. The third-order valence-electron chi connectivity index (χ3n) is 5.82. The van der Waals surface area contributed by atoms with Gasteiger partial charge in [-0.25, -0.2) is 4.39 Å². The molecule has 1 aliphatic carbocycles. The van der Waals surface area contributed by atoms with Crippen LogP contribution in [0.1, 0.15) is 39.3 Å². The molecule has 1 atom stereocenters. The molecule has 0 radical (unpaired) electrons. The molecule has 1 unspecified atom stereocenters. The molecule has 0 bridgehead atoms. The molecule has 0 aliphatic heterocycles. The van der Waals surface area contributed by atoms with Crippen molar-refractivity contribution in [3.63, 3.8) is 0 Å². The van der Waals surface area contributed by atoms with Gasteiger partial charge in [0, 0.05) is 43.0 Å². The monoisotopic (exact) mass is 422 g/mol. The average Bonchev–Trinajstić information content (AvgIpc) is 3.13. The molecule has 1 aliphatic rings. The highest BCUT2D eigenvalue weighted by Gasteiger charge is 2.28. The van der Waals surface area contributed by atoms with Gasteiger partial charge < -0.3 is 15.4 Å². The van der Waals surface area contributed by atoms with Gasteiger partial charge in [0.2, 0.25) is 0 Å². The van der Waals surface area contributed by atoms with Crippen molar-refractivity contribution in [2.24, 2.45) is 7.05 Å². The summed E-state index contributed by atoms with van der Waals surface area (Å²) >= 11 is 0. The molecular formula is C24H27FN4O2. The van der Waals surface area contributed by atoms with Crippen LogP contribution in [0, 0.1) is 5.82 Å². The van der Waals surface area contributed by atoms with Crippen LogP contribution in [-0.4, -0.2) is 28.8 Å². The van der Waals surface area contributed by atoms with E-state index in [1.165, 1.54) is 11.6 Å². The molecule has 0 fully saturated rings. The summed E-state index contributed by atoms with van der Waals surface area (Å²) in [6.07, 6.45) is 2.58. The van der Waals surface area contributed by atoms with Gasteiger partial charge in [-0.3, -0.25) is 9.48 Å². The van der Waals surface area contributed by atoms with Crippen molar-refractivity contribution in [2.45, 2.75) is 38.4 Å². The van der Waals surface area contributed by atoms with Crippen LogP contribution < -0.4 is 15.4 Å². The lowest BCUT2D eigenvalue weighted by atomic mass is 9.91. The number of fused-ring (bicyclic) bond motifs is 1. The Kier molecular flexibility index (Phi) is 6.32. The average molecular weight is 423 g/mol. The van der Waals surface area contributed by atoms with E-state index in [1.807, 2.05) is 31.3 Å². The van der Waals surface area contributed by atoms with E-state index in [0.717, 1.165) is 42.8 Å². The lowest BCUT2D eigenvalue weighted by Gasteiger charge is -2.24. The van der Waals surface area contributed by atoms with Crippen LogP contribution in [0.15, 0.2) is 48.5 Å². The Labute approximate surface area is 181 Å². The summed E-state index contributed by atoms with van der Waals surface area (Å²) in [5.74, 6) is 0.247. The highest BCUT2D eigenvalue weighted by atomic mass is 19.1. The lowest BCUT2D eigenvalue weighted by Crippen LogP contribution is -2.35. The maximum absolute atomic E-state index is 13.9. The summed E-state index contributed by atoms with van der Waals surface area (Å²) in [6.45, 7) is 0.884. The van der Waals surface area contributed by atoms with E-state index in [0.29, 0.717) is 11.3 Å². The van der Waals surface area contributed by atoms with E-state index < -0.39 is 0 Å². The Morgan fingerprint density at radius 3 is 2.71 bits per heavy atom. The zero-order chi connectivity index (χ0) is 21.8. The summed E-state index contributed by atoms with van der Waals surface area (Å²) in [4.78, 5) is 12.8. The number of amides is 1. The Bertz CT molecular complexity index is 1060. The number of halogens is 1. The number of benzene rings is 2. The number of carbonyl (C=O) groups is 1. The predicted molar refractivity (Wildman–Crippen MR) is 116 cm³/mol. The molecule has 2 aromatic carbocycles. The minimum absolute atomic E-state index is 0.135. The fourth-order valence-electron chi connectivity index (χ4n) is 4.05. The van der Waals surface area contributed by atoms with Gasteiger partial charge in [-0.2, -0.15) is 5.10 Å². The number of ether oxygens (including phenoxy) is 1. The summed E-state index contributed by atoms with van der Waals surface area (Å²) in [7, 11) is 3.53. The first-order chi connectivity index (χ1) is 15.0. The number of hydrogen-bond acceptors (Lipinski definition) is 4. The van der Waals surface area contributed by atoms with E-state index in [4.69, 9.17) is 4.74 Å². The zero-order valence-electron chi connectivity index (χ0n) is 17.8. The summed E-state index contributed by atoms with van der Waals surface area (Å²) < 4.78 is 20.9. The van der Waals surface area contributed by atoms with E-state index in [9.17, 15) is 9.18 Å². The van der Waals surface area contributed by atoms with E-state index in [1.54, 1.807) is 30.0 Å². The van der Waals surface area contributed by atoms with E-state index in [-0.39, 0.29) is 24.3 Å². The Morgan fingerprint density at radius 2 is 1.97 bits per heavy atom. The standard InChI is InChI=1S/C24H27FN4O2/c1-29-22-12-9-18(26-14-16-7-10-19(31-2)11-8-16)13-20(22)23(28-29)24(30)27-15-17-5-3-4-6-21(17)25/h3-8,10-11,18,26H,9,12-15H2,1-2H3,(H,27,30). The predicted octanol–water partition coefficient (Wildman–Crippen LogP) is 3.14. The number of rotatable bonds is 7. The molecule has 0 saturated heterocycles. The van der Waals surface area contributed by atoms with Gasteiger partial charge in [0.15, 0.2) is 5.69 Å². The molecule has 1 heterocycles. The minimum Gasteiger partial charge on any atom is -0.497 e. The molecule has 1 amide bonds. The normalized spacial score (nSPS) is 15.4. The highest BCUT2D eigenvalue weighted by molar-refractivity contribution is 5.94. The molecule has 4 rings (SSSR count). The third-order valence-corrected chi connectivity index (χ3v) is 5.82. The van der Waals surface area contributed by atoms with Gasteiger partial charge in [0.1, 0.15) is 11.6 Å². The second-order valence-corrected chi connectivity index (χ2v) is 7.84. The number of hydrogen-bond donors (Lipinski definition) is 2. The topological polar surface area (TPSA) is 68.2 Å². The number of carbonyl (C=O) groups excluding carboxylic acids is 1. The largest absolute Gasteiger partial charge is 0.497 e. The van der Waals surface area contributed by atoms with Crippen molar-refractivity contribution in [2.75, 3.05) is 7.11 Å². The Hall–Kier alpha value is -3.19. The first kappa shape index (κ1) is 21.1. The molecule has 6 nitrogen and oxygen atoms in total. The van der Waals surface area contributed by atoms with Gasteiger partial charge in [0.05, 0.1) is 7.11 Å². The maximum atomic E-state index is 13.9. The van der Waals surface area contributed by atoms with Crippen molar-refractivity contribution in [1.82, 2.24) is 20.4 Å². The van der Waals surface area contributed by atoms with Crippen LogP contribution in [0.3, 0.4) is 0 Å². The van der Waals surface area contributed by atoms with Gasteiger partial charge in [-0.05, 0) is 43.0 Å². The highest BCUT2D eigenvalue weighted by Crippen LogP contribution is 2.25. The first-order valence-corrected chi connectivity index (χ1v) is 10.5. The molecule has 1 aromatic heterocycles. The molecule has 0 spiro atoms. The minimum atomic E-state index is -0.325. The fourth-order valence-corrected chi connectivity index (χ4v) is 4.05. The zero-order valence-corrected chi connectivity index (χ0v) is 17.8. The quantitative estimate of drug-likeness (QED) is 0.614. The summed E-state index contributed by atoms with van der Waals surface area (Å²) in [5.41, 5.74) is 4.15. The van der Waals surface area contributed by atoms with Crippen molar-refractivity contribution in [1.29, 1.82) is 0 Å². The number of nitrogens with one attached hydrogen (secondary N) is 2. The number of methoxy groups -OCH3 is 1. The van der Waals surface area contributed by atoms with Gasteiger partial charge in [-0.1, -0.05) is 30.3 Å². The van der Waals surface area contributed by atoms with Crippen molar-refractivity contribution in [3.05, 3.63) is 82.4 Å². The van der Waals surface area contributed by atoms with Crippen LogP contribution in [0.2, 0.25) is 0 Å². The van der Waals surface area contributed by atoms with Crippen molar-refractivity contribution < 1.29 is 13.9 Å². The Morgan fingerprint density at radius 1 is 1.19 bits per heavy atom. The number of nitrogens with zero attached hydrogens (tertiary/aromatic N) is 2. The molecule has 0 saturated carbocycles. The van der Waals surface area contributed by atoms with Gasteiger partial charge in [0.25, 0.3) is 5.91 Å². The molecule has 2 N–H and O–H groups in total. The van der Waals surface area contributed by atoms with Crippen LogP contribution in [0.5, 0.6) is 5.75 Å². The molecule has 31 heavy (non-hydrogen) atoms. The van der Waals surface area contributed by atoms with E-state index in [2.05, 4.69) is 15.7 Å². The molecule has 7 heteroatoms. The smallest absolute Gasteiger partial charge is 0.272 e. The van der Waals surface area contributed by atoms with Gasteiger partial charge in [-0.15, -0.1) is 0 Å². The second kappa shape index (κ2) is 9.31. The molecule has 3 aromatic rings. The van der Waals surface area contributed by atoms with Crippen LogP contribution in [0.4, 0.5) is 4.39 Å². The van der Waals surface area contributed by atoms with Crippen LogP contribution in [0.25, 0.3) is 0 Å². The lowest BCUT2D eigenvalue weighted by molar-refractivity contribution is 0.0943. The van der Waals surface area contributed by atoms with Crippen LogP contribution in [-0.2, 0) is 33.0 Å².